The van der Waals surface area contributed by atoms with Crippen LogP contribution in [0.3, 0.4) is 0 Å². The predicted octanol–water partition coefficient (Wildman–Crippen LogP) is 3.12. The normalized spacial score (nSPS) is 16.2. The van der Waals surface area contributed by atoms with Crippen molar-refractivity contribution < 1.29 is 12.9 Å². The molecule has 26 heavy (non-hydrogen) atoms. The average Bonchev–Trinajstić information content (AvgIpc) is 3.25. The molecule has 0 amide bonds. The maximum absolute atomic E-state index is 12.4. The monoisotopic (exact) mass is 387 g/mol. The van der Waals surface area contributed by atoms with Crippen molar-refractivity contribution in [1.29, 1.82) is 0 Å². The van der Waals surface area contributed by atoms with Gasteiger partial charge in [-0.05, 0) is 23.1 Å². The van der Waals surface area contributed by atoms with Crippen LogP contribution in [0.5, 0.6) is 0 Å². The molecule has 6 nitrogen and oxygen atoms in total. The topological polar surface area (TPSA) is 76.3 Å². The summed E-state index contributed by atoms with van der Waals surface area (Å²) in [5.41, 5.74) is 0.850. The number of hydrogen-bond donors (Lipinski definition) is 0. The maximum atomic E-state index is 12.4. The number of sulfonamides is 1. The zero-order valence-corrected chi connectivity index (χ0v) is 15.5. The van der Waals surface area contributed by atoms with Crippen molar-refractivity contribution in [3.05, 3.63) is 75.4 Å². The summed E-state index contributed by atoms with van der Waals surface area (Å²) >= 11 is 1.65. The first-order valence-electron chi connectivity index (χ1n) is 8.18. The SMILES string of the molecule is O=S(=O)(C=Cc1ccccc1)N1CC(c2nc(Cc3cccs3)no2)C1. The van der Waals surface area contributed by atoms with Gasteiger partial charge in [0, 0.05) is 29.8 Å². The first-order valence-corrected chi connectivity index (χ1v) is 10.6. The van der Waals surface area contributed by atoms with Crippen LogP contribution in [0, 0.1) is 0 Å². The minimum Gasteiger partial charge on any atom is -0.339 e. The smallest absolute Gasteiger partial charge is 0.236 e. The van der Waals surface area contributed by atoms with Gasteiger partial charge in [-0.3, -0.25) is 0 Å². The van der Waals surface area contributed by atoms with Crippen LogP contribution < -0.4 is 0 Å². The first-order chi connectivity index (χ1) is 12.6. The Bertz CT molecular complexity index is 990. The van der Waals surface area contributed by atoms with Crippen LogP contribution in [0.4, 0.5) is 0 Å². The first kappa shape index (κ1) is 17.1. The van der Waals surface area contributed by atoms with Gasteiger partial charge in [-0.2, -0.15) is 9.29 Å². The van der Waals surface area contributed by atoms with E-state index < -0.39 is 10.0 Å². The largest absolute Gasteiger partial charge is 0.339 e. The Kier molecular flexibility index (Phi) is 4.71. The Morgan fingerprint density at radius 3 is 2.73 bits per heavy atom. The van der Waals surface area contributed by atoms with Gasteiger partial charge in [0.15, 0.2) is 5.82 Å². The standard InChI is InChI=1S/C18H17N3O3S2/c22-26(23,10-8-14-5-2-1-3-6-14)21-12-15(13-21)18-19-17(20-24-18)11-16-7-4-9-25-16/h1-10,15H,11-13H2. The van der Waals surface area contributed by atoms with Crippen LogP contribution in [0.2, 0.25) is 0 Å². The van der Waals surface area contributed by atoms with Gasteiger partial charge in [-0.1, -0.05) is 41.6 Å². The van der Waals surface area contributed by atoms with Gasteiger partial charge >= 0.3 is 0 Å². The summed E-state index contributed by atoms with van der Waals surface area (Å²) in [7, 11) is -3.43. The fraction of sp³-hybridized carbons (Fsp3) is 0.222. The maximum Gasteiger partial charge on any atom is 0.236 e. The van der Waals surface area contributed by atoms with E-state index in [9.17, 15) is 8.42 Å². The lowest BCUT2D eigenvalue weighted by molar-refractivity contribution is 0.218. The van der Waals surface area contributed by atoms with Crippen LogP contribution in [-0.4, -0.2) is 36.0 Å². The number of thiophene rings is 1. The lowest BCUT2D eigenvalue weighted by Crippen LogP contribution is -2.47. The Labute approximate surface area is 155 Å². The lowest BCUT2D eigenvalue weighted by atomic mass is 10.0. The highest BCUT2D eigenvalue weighted by molar-refractivity contribution is 7.92. The third-order valence-corrected chi connectivity index (χ3v) is 6.56. The van der Waals surface area contributed by atoms with E-state index in [2.05, 4.69) is 10.1 Å². The molecule has 0 aliphatic carbocycles. The summed E-state index contributed by atoms with van der Waals surface area (Å²) in [5, 5.41) is 7.25. The molecule has 0 saturated carbocycles. The third kappa shape index (κ3) is 3.77. The molecule has 0 spiro atoms. The molecule has 1 aliphatic rings. The number of nitrogens with zero attached hydrogens (tertiary/aromatic N) is 3. The van der Waals surface area contributed by atoms with Gasteiger partial charge in [0.25, 0.3) is 0 Å². The minimum absolute atomic E-state index is 0.0421. The average molecular weight is 387 g/mol. The summed E-state index contributed by atoms with van der Waals surface area (Å²) in [4.78, 5) is 5.57. The van der Waals surface area contributed by atoms with E-state index >= 15 is 0 Å². The van der Waals surface area contributed by atoms with E-state index in [0.29, 0.717) is 31.2 Å². The highest BCUT2D eigenvalue weighted by atomic mass is 32.2. The fourth-order valence-corrected chi connectivity index (χ4v) is 4.67. The zero-order chi connectivity index (χ0) is 18.0. The molecule has 0 radical (unpaired) electrons. The molecular formula is C18H17N3O3S2. The molecule has 0 atom stereocenters. The zero-order valence-electron chi connectivity index (χ0n) is 13.9. The van der Waals surface area contributed by atoms with Crippen molar-refractivity contribution in [2.45, 2.75) is 12.3 Å². The highest BCUT2D eigenvalue weighted by Gasteiger charge is 2.38. The van der Waals surface area contributed by atoms with Gasteiger partial charge in [-0.25, -0.2) is 8.42 Å². The van der Waals surface area contributed by atoms with E-state index in [4.69, 9.17) is 4.52 Å². The molecule has 0 bridgehead atoms. The van der Waals surface area contributed by atoms with Crippen LogP contribution in [-0.2, 0) is 16.4 Å². The Balaban J connectivity index is 1.36. The molecule has 1 saturated heterocycles. The van der Waals surface area contributed by atoms with Crippen molar-refractivity contribution in [2.75, 3.05) is 13.1 Å². The number of hydrogen-bond acceptors (Lipinski definition) is 6. The van der Waals surface area contributed by atoms with E-state index in [0.717, 1.165) is 5.56 Å². The molecule has 0 unspecified atom stereocenters. The summed E-state index contributed by atoms with van der Waals surface area (Å²) in [6.45, 7) is 0.726. The molecule has 4 rings (SSSR count). The quantitative estimate of drug-likeness (QED) is 0.649. The fourth-order valence-electron chi connectivity index (χ4n) is 2.69. The van der Waals surface area contributed by atoms with Gasteiger partial charge in [0.1, 0.15) is 0 Å². The highest BCUT2D eigenvalue weighted by Crippen LogP contribution is 2.29. The van der Waals surface area contributed by atoms with Gasteiger partial charge in [0.2, 0.25) is 15.9 Å². The second-order valence-electron chi connectivity index (χ2n) is 6.08. The van der Waals surface area contributed by atoms with Crippen molar-refractivity contribution in [2.24, 2.45) is 0 Å². The van der Waals surface area contributed by atoms with Gasteiger partial charge in [0.05, 0.1) is 5.92 Å². The molecule has 2 aromatic heterocycles. The number of rotatable bonds is 6. The molecule has 1 fully saturated rings. The van der Waals surface area contributed by atoms with E-state index in [1.807, 2.05) is 47.8 Å². The minimum atomic E-state index is -3.43. The summed E-state index contributed by atoms with van der Waals surface area (Å²) in [5.74, 6) is 1.10. The van der Waals surface area contributed by atoms with Crippen molar-refractivity contribution >= 4 is 27.4 Å². The van der Waals surface area contributed by atoms with Crippen LogP contribution in [0.15, 0.2) is 57.8 Å². The van der Waals surface area contributed by atoms with Crippen molar-refractivity contribution in [1.82, 2.24) is 14.4 Å². The van der Waals surface area contributed by atoms with Crippen molar-refractivity contribution in [3.8, 4) is 0 Å². The van der Waals surface area contributed by atoms with Crippen molar-refractivity contribution in [3.63, 3.8) is 0 Å². The molecule has 134 valence electrons. The molecule has 8 heteroatoms. The molecule has 3 aromatic rings. The molecular weight excluding hydrogens is 370 g/mol. The predicted molar refractivity (Wildman–Crippen MR) is 100 cm³/mol. The van der Waals surface area contributed by atoms with Crippen LogP contribution in [0.25, 0.3) is 6.08 Å². The Morgan fingerprint density at radius 2 is 2.00 bits per heavy atom. The Morgan fingerprint density at radius 1 is 1.19 bits per heavy atom. The van der Waals surface area contributed by atoms with Crippen LogP contribution >= 0.6 is 11.3 Å². The molecule has 1 aromatic carbocycles. The second kappa shape index (κ2) is 7.14. The number of aromatic nitrogens is 2. The van der Waals surface area contributed by atoms with Gasteiger partial charge in [-0.15, -0.1) is 11.3 Å². The molecule has 1 aliphatic heterocycles. The summed E-state index contributed by atoms with van der Waals surface area (Å²) in [6.07, 6.45) is 2.24. The molecule has 0 N–H and O–H groups in total. The number of benzene rings is 1. The summed E-state index contributed by atoms with van der Waals surface area (Å²) in [6, 6.07) is 13.4. The Hall–Kier alpha value is -2.29. The van der Waals surface area contributed by atoms with Crippen LogP contribution in [0.1, 0.15) is 28.1 Å². The lowest BCUT2D eigenvalue weighted by Gasteiger charge is -2.34. The summed E-state index contributed by atoms with van der Waals surface area (Å²) < 4.78 is 31.4. The molecule has 3 heterocycles. The third-order valence-electron chi connectivity index (χ3n) is 4.19. The van der Waals surface area contributed by atoms with E-state index in [-0.39, 0.29) is 5.92 Å². The van der Waals surface area contributed by atoms with E-state index in [1.165, 1.54) is 14.6 Å². The second-order valence-corrected chi connectivity index (χ2v) is 8.93. The van der Waals surface area contributed by atoms with Gasteiger partial charge < -0.3 is 4.52 Å². The van der Waals surface area contributed by atoms with E-state index in [1.54, 1.807) is 17.4 Å².